The quantitative estimate of drug-likeness (QED) is 0.601. The summed E-state index contributed by atoms with van der Waals surface area (Å²) < 4.78 is 0. The summed E-state index contributed by atoms with van der Waals surface area (Å²) in [6.45, 7) is 9.68. The van der Waals surface area contributed by atoms with Crippen molar-refractivity contribution in [1.82, 2.24) is 10.2 Å². The van der Waals surface area contributed by atoms with Crippen LogP contribution in [0.1, 0.15) is 27.7 Å². The van der Waals surface area contributed by atoms with E-state index >= 15 is 0 Å². The summed E-state index contributed by atoms with van der Waals surface area (Å²) >= 11 is 5.18. The van der Waals surface area contributed by atoms with Crippen LogP contribution in [0.3, 0.4) is 0 Å². The normalized spacial score (nSPS) is 22.6. The van der Waals surface area contributed by atoms with Crippen molar-refractivity contribution in [3.8, 4) is 0 Å². The molecule has 0 amide bonds. The molecule has 0 unspecified atom stereocenters. The zero-order valence-electron chi connectivity index (χ0n) is 7.64. The second-order valence-corrected chi connectivity index (χ2v) is 4.42. The maximum Gasteiger partial charge on any atom is 0.169 e. The molecular weight excluding hydrogens is 156 g/mol. The predicted octanol–water partition coefficient (Wildman–Crippen LogP) is 1.36. The highest BCUT2D eigenvalue weighted by Crippen LogP contribution is 2.16. The topological polar surface area (TPSA) is 15.3 Å². The number of thiocarbonyl (C=S) groups is 1. The first-order valence-electron chi connectivity index (χ1n) is 4.01. The van der Waals surface area contributed by atoms with Crippen molar-refractivity contribution in [3.05, 3.63) is 0 Å². The van der Waals surface area contributed by atoms with Crippen molar-refractivity contribution in [2.45, 2.75) is 39.3 Å². The Balaban J connectivity index is 2.67. The van der Waals surface area contributed by atoms with Crippen LogP contribution in [0.15, 0.2) is 0 Å². The van der Waals surface area contributed by atoms with Gasteiger partial charge in [0.05, 0.1) is 5.54 Å². The van der Waals surface area contributed by atoms with Crippen LogP contribution in [0.2, 0.25) is 0 Å². The molecule has 1 rings (SSSR count). The van der Waals surface area contributed by atoms with Crippen molar-refractivity contribution in [1.29, 1.82) is 0 Å². The van der Waals surface area contributed by atoms with Gasteiger partial charge in [0.15, 0.2) is 5.11 Å². The first-order valence-corrected chi connectivity index (χ1v) is 4.42. The van der Waals surface area contributed by atoms with Crippen LogP contribution in [0.5, 0.6) is 0 Å². The Hall–Kier alpha value is -0.310. The largest absolute Gasteiger partial charge is 0.356 e. The van der Waals surface area contributed by atoms with E-state index < -0.39 is 0 Å². The predicted molar refractivity (Wildman–Crippen MR) is 51.7 cm³/mol. The van der Waals surface area contributed by atoms with Gasteiger partial charge in [-0.05, 0) is 39.9 Å². The molecule has 0 aromatic heterocycles. The highest BCUT2D eigenvalue weighted by atomic mass is 32.1. The van der Waals surface area contributed by atoms with Crippen LogP contribution < -0.4 is 5.32 Å². The first kappa shape index (κ1) is 8.78. The Labute approximate surface area is 74.0 Å². The molecule has 0 spiro atoms. The third-order valence-corrected chi connectivity index (χ3v) is 2.23. The monoisotopic (exact) mass is 172 g/mol. The van der Waals surface area contributed by atoms with Crippen LogP contribution in [0.25, 0.3) is 0 Å². The van der Waals surface area contributed by atoms with Gasteiger partial charge in [0.1, 0.15) is 0 Å². The Bertz CT molecular complexity index is 175. The van der Waals surface area contributed by atoms with E-state index in [0.717, 1.165) is 11.7 Å². The van der Waals surface area contributed by atoms with Crippen molar-refractivity contribution in [2.24, 2.45) is 0 Å². The average Bonchev–Trinajstić information content (AvgIpc) is 2.05. The lowest BCUT2D eigenvalue weighted by molar-refractivity contribution is 0.332. The lowest BCUT2D eigenvalue weighted by atomic mass is 10.1. The summed E-state index contributed by atoms with van der Waals surface area (Å²) in [4.78, 5) is 2.22. The van der Waals surface area contributed by atoms with Crippen molar-refractivity contribution in [2.75, 3.05) is 6.54 Å². The van der Waals surface area contributed by atoms with Gasteiger partial charge in [-0.3, -0.25) is 0 Å². The lowest BCUT2D eigenvalue weighted by Crippen LogP contribution is -2.36. The molecule has 1 heterocycles. The fourth-order valence-corrected chi connectivity index (χ4v) is 1.87. The van der Waals surface area contributed by atoms with Gasteiger partial charge in [-0.1, -0.05) is 0 Å². The first-order chi connectivity index (χ1) is 4.92. The number of nitrogens with one attached hydrogen (secondary N) is 1. The third kappa shape index (κ3) is 1.83. The maximum absolute atomic E-state index is 5.18. The van der Waals surface area contributed by atoms with Gasteiger partial charge in [0.25, 0.3) is 0 Å². The summed E-state index contributed by atoms with van der Waals surface area (Å²) in [7, 11) is 0. The minimum Gasteiger partial charge on any atom is -0.356 e. The van der Waals surface area contributed by atoms with Crippen LogP contribution >= 0.6 is 12.2 Å². The van der Waals surface area contributed by atoms with Gasteiger partial charge in [-0.25, -0.2) is 0 Å². The zero-order chi connectivity index (χ0) is 8.65. The zero-order valence-corrected chi connectivity index (χ0v) is 8.46. The van der Waals surface area contributed by atoms with Gasteiger partial charge in [-0.2, -0.15) is 0 Å². The third-order valence-electron chi connectivity index (χ3n) is 1.90. The molecule has 1 fully saturated rings. The fourth-order valence-electron chi connectivity index (χ4n) is 1.32. The van der Waals surface area contributed by atoms with E-state index in [1.807, 2.05) is 0 Å². The van der Waals surface area contributed by atoms with Crippen LogP contribution in [0.4, 0.5) is 0 Å². The van der Waals surface area contributed by atoms with E-state index in [1.165, 1.54) is 0 Å². The van der Waals surface area contributed by atoms with E-state index in [4.69, 9.17) is 12.2 Å². The molecule has 1 N–H and O–H groups in total. The molecule has 64 valence electrons. The Morgan fingerprint density at radius 1 is 1.55 bits per heavy atom. The maximum atomic E-state index is 5.18. The summed E-state index contributed by atoms with van der Waals surface area (Å²) in [5, 5.41) is 4.18. The molecule has 11 heavy (non-hydrogen) atoms. The summed E-state index contributed by atoms with van der Waals surface area (Å²) in [5.74, 6) is 0. The highest BCUT2D eigenvalue weighted by Gasteiger charge is 2.32. The smallest absolute Gasteiger partial charge is 0.169 e. The van der Waals surface area contributed by atoms with Crippen molar-refractivity contribution >= 4 is 17.3 Å². The summed E-state index contributed by atoms with van der Waals surface area (Å²) in [6, 6.07) is 0.511. The number of hydrogen-bond acceptors (Lipinski definition) is 1. The van der Waals surface area contributed by atoms with Gasteiger partial charge >= 0.3 is 0 Å². The molecule has 0 aromatic carbocycles. The van der Waals surface area contributed by atoms with Crippen LogP contribution in [0, 0.1) is 0 Å². The van der Waals surface area contributed by atoms with Gasteiger partial charge < -0.3 is 10.2 Å². The number of rotatable bonds is 1. The number of hydrogen-bond donors (Lipinski definition) is 1. The fraction of sp³-hybridized carbons (Fsp3) is 0.875. The Morgan fingerprint density at radius 2 is 2.09 bits per heavy atom. The molecule has 0 radical (unpaired) electrons. The van der Waals surface area contributed by atoms with Gasteiger partial charge in [0, 0.05) is 12.6 Å². The standard InChI is InChI=1S/C8H16N2S/c1-6(2)10-5-8(3,4)9-7(10)11/h6H,5H2,1-4H3,(H,9,11). The van der Waals surface area contributed by atoms with E-state index in [0.29, 0.717) is 6.04 Å². The molecule has 0 saturated carbocycles. The minimum absolute atomic E-state index is 0.154. The van der Waals surface area contributed by atoms with Gasteiger partial charge in [-0.15, -0.1) is 0 Å². The second-order valence-electron chi connectivity index (χ2n) is 4.04. The molecule has 0 aromatic rings. The summed E-state index contributed by atoms with van der Waals surface area (Å²) in [5.41, 5.74) is 0.154. The average molecular weight is 172 g/mol. The van der Waals surface area contributed by atoms with E-state index in [-0.39, 0.29) is 5.54 Å². The van der Waals surface area contributed by atoms with E-state index in [1.54, 1.807) is 0 Å². The molecule has 0 atom stereocenters. The highest BCUT2D eigenvalue weighted by molar-refractivity contribution is 7.80. The molecular formula is C8H16N2S. The second kappa shape index (κ2) is 2.63. The molecule has 0 bridgehead atoms. The van der Waals surface area contributed by atoms with Crippen molar-refractivity contribution < 1.29 is 0 Å². The van der Waals surface area contributed by atoms with Crippen LogP contribution in [-0.2, 0) is 0 Å². The molecule has 1 aliphatic rings. The van der Waals surface area contributed by atoms with E-state index in [9.17, 15) is 0 Å². The van der Waals surface area contributed by atoms with Crippen LogP contribution in [-0.4, -0.2) is 28.1 Å². The molecule has 1 aliphatic heterocycles. The molecule has 2 nitrogen and oxygen atoms in total. The van der Waals surface area contributed by atoms with E-state index in [2.05, 4.69) is 37.9 Å². The SMILES string of the molecule is CC(C)N1CC(C)(C)NC1=S. The molecule has 1 saturated heterocycles. The lowest BCUT2D eigenvalue weighted by Gasteiger charge is -2.22. The Morgan fingerprint density at radius 3 is 2.27 bits per heavy atom. The molecule has 3 heteroatoms. The molecule has 0 aliphatic carbocycles. The van der Waals surface area contributed by atoms with Gasteiger partial charge in [0.2, 0.25) is 0 Å². The van der Waals surface area contributed by atoms with Crippen molar-refractivity contribution in [3.63, 3.8) is 0 Å². The summed E-state index contributed by atoms with van der Waals surface area (Å²) in [6.07, 6.45) is 0. The minimum atomic E-state index is 0.154. The Kier molecular flexibility index (Phi) is 2.10. The number of nitrogens with zero attached hydrogens (tertiary/aromatic N) is 1.